The van der Waals surface area contributed by atoms with Crippen LogP contribution < -0.4 is 0 Å². The van der Waals surface area contributed by atoms with Crippen molar-refractivity contribution in [3.05, 3.63) is 96.7 Å². The van der Waals surface area contributed by atoms with Crippen LogP contribution in [-0.2, 0) is 0 Å². The van der Waals surface area contributed by atoms with Gasteiger partial charge in [-0.1, -0.05) is 118 Å². The highest BCUT2D eigenvalue weighted by Crippen LogP contribution is 2.40. The second kappa shape index (κ2) is 18.0. The third-order valence-electron chi connectivity index (χ3n) is 8.15. The van der Waals surface area contributed by atoms with Gasteiger partial charge in [-0.2, -0.15) is 0 Å². The molecule has 0 aromatic heterocycles. The minimum absolute atomic E-state index is 0.824. The van der Waals surface area contributed by atoms with Crippen LogP contribution in [0.15, 0.2) is 85.5 Å². The molecule has 1 aromatic rings. The molecule has 1 unspecified atom stereocenters. The molecule has 1 saturated carbocycles. The Kier molecular flexibility index (Phi) is 16.0. The van der Waals surface area contributed by atoms with Crippen LogP contribution >= 0.6 is 0 Å². The molecule has 0 saturated heterocycles. The molecule has 3 aliphatic carbocycles. The highest BCUT2D eigenvalue weighted by Gasteiger charge is 2.25. The Hall–Kier alpha value is -2.34. The summed E-state index contributed by atoms with van der Waals surface area (Å²) >= 11 is 0. The molecule has 1 aromatic carbocycles. The molecule has 1 fully saturated rings. The van der Waals surface area contributed by atoms with Gasteiger partial charge in [0, 0.05) is 0 Å². The molecule has 0 heterocycles. The van der Waals surface area contributed by atoms with Gasteiger partial charge in [-0.05, 0) is 113 Å². The fourth-order valence-corrected chi connectivity index (χ4v) is 5.89. The van der Waals surface area contributed by atoms with Gasteiger partial charge in [-0.25, -0.2) is 0 Å². The quantitative estimate of drug-likeness (QED) is 0.350. The van der Waals surface area contributed by atoms with Gasteiger partial charge in [0.05, 0.1) is 0 Å². The van der Waals surface area contributed by atoms with Crippen LogP contribution in [0.4, 0.5) is 0 Å². The summed E-state index contributed by atoms with van der Waals surface area (Å²) < 4.78 is 0. The highest BCUT2D eigenvalue weighted by molar-refractivity contribution is 5.66. The third-order valence-corrected chi connectivity index (χ3v) is 8.15. The van der Waals surface area contributed by atoms with Gasteiger partial charge in [0.1, 0.15) is 0 Å². The maximum atomic E-state index is 4.01. The van der Waals surface area contributed by atoms with Crippen LogP contribution in [0.2, 0.25) is 0 Å². The first-order chi connectivity index (χ1) is 18.0. The van der Waals surface area contributed by atoms with Gasteiger partial charge >= 0.3 is 0 Å². The number of hydrogen-bond donors (Lipinski definition) is 0. The van der Waals surface area contributed by atoms with Gasteiger partial charge in [0.2, 0.25) is 0 Å². The normalized spacial score (nSPS) is 23.7. The predicted molar refractivity (Wildman–Crippen MR) is 175 cm³/mol. The van der Waals surface area contributed by atoms with Crippen LogP contribution in [0.3, 0.4) is 0 Å². The van der Waals surface area contributed by atoms with Crippen LogP contribution in [0.25, 0.3) is 11.1 Å². The Balaban J connectivity index is 0.000000273. The average molecular weight is 515 g/mol. The van der Waals surface area contributed by atoms with E-state index < -0.39 is 0 Å². The van der Waals surface area contributed by atoms with Crippen molar-refractivity contribution >= 4 is 11.1 Å². The maximum Gasteiger partial charge on any atom is -0.0188 e. The second-order valence-corrected chi connectivity index (χ2v) is 11.9. The van der Waals surface area contributed by atoms with Crippen molar-refractivity contribution in [3.8, 4) is 0 Å². The average Bonchev–Trinajstić information content (AvgIpc) is 2.90. The Morgan fingerprint density at radius 3 is 1.87 bits per heavy atom. The minimum Gasteiger partial charge on any atom is -0.103 e. The lowest BCUT2D eigenvalue weighted by Gasteiger charge is -2.33. The predicted octanol–water partition coefficient (Wildman–Crippen LogP) is 12.4. The zero-order valence-electron chi connectivity index (χ0n) is 26.0. The van der Waals surface area contributed by atoms with Crippen molar-refractivity contribution in [3.63, 3.8) is 0 Å². The first-order valence-electron chi connectivity index (χ1n) is 15.1. The summed E-state index contributed by atoms with van der Waals surface area (Å²) in [6.07, 6.45) is 18.9. The Labute approximate surface area is 237 Å². The maximum absolute atomic E-state index is 4.01. The number of allylic oxidation sites excluding steroid dienone is 8. The molecule has 0 heteroatoms. The standard InChI is InChI=1S/C13H20.C12H14.C10H18.C3H6/c1-3-11-7-5-9-12-8-4-6-10(2)13(11)12;1-9(2)11-5-7-12(8-6-11)10(3)4;1-8(2)10-6-4-5-9(3)7-10;1-3-2/h4,8,10-11H,3,5-7,9H2,1-2H3;5-8H,1,3H2,2,4H3;9-10H,1,4-7H2,2-3H3;3H,1H2,2H3/t10?,11-;;9-,10+;/m1.1./s1. The van der Waals surface area contributed by atoms with E-state index in [4.69, 9.17) is 0 Å². The molecule has 0 aliphatic heterocycles. The van der Waals surface area contributed by atoms with Crippen LogP contribution in [0, 0.1) is 23.7 Å². The molecule has 0 radical (unpaired) electrons. The van der Waals surface area contributed by atoms with Crippen molar-refractivity contribution in [2.45, 2.75) is 106 Å². The van der Waals surface area contributed by atoms with Gasteiger partial charge < -0.3 is 0 Å². The van der Waals surface area contributed by atoms with E-state index in [-0.39, 0.29) is 0 Å². The molecule has 3 aliphatic rings. The van der Waals surface area contributed by atoms with Crippen molar-refractivity contribution in [1.29, 1.82) is 0 Å². The number of rotatable bonds is 4. The zero-order valence-corrected chi connectivity index (χ0v) is 26.0. The smallest absolute Gasteiger partial charge is 0.0188 e. The Morgan fingerprint density at radius 2 is 1.45 bits per heavy atom. The number of hydrogen-bond acceptors (Lipinski definition) is 0. The fourth-order valence-electron chi connectivity index (χ4n) is 5.89. The molecule has 0 spiro atoms. The Morgan fingerprint density at radius 1 is 0.895 bits per heavy atom. The number of benzene rings is 1. The lowest BCUT2D eigenvalue weighted by Crippen LogP contribution is -2.18. The summed E-state index contributed by atoms with van der Waals surface area (Å²) in [6, 6.07) is 8.30. The van der Waals surface area contributed by atoms with Crippen LogP contribution in [0.1, 0.15) is 117 Å². The SMILES string of the molecule is C=C(C)[C@H]1CCC[C@@H](C)C1.C=C(C)c1ccc(C(=C)C)cc1.C=CC.CC[C@@H]1CCCC2=C1C(C)CC=C2. The minimum atomic E-state index is 0.824. The van der Waals surface area contributed by atoms with Crippen molar-refractivity contribution in [2.75, 3.05) is 0 Å². The Bertz CT molecular complexity index is 915. The highest BCUT2D eigenvalue weighted by atomic mass is 14.3. The van der Waals surface area contributed by atoms with E-state index in [1.165, 1.54) is 74.5 Å². The third kappa shape index (κ3) is 11.6. The van der Waals surface area contributed by atoms with E-state index in [2.05, 4.69) is 90.4 Å². The van der Waals surface area contributed by atoms with E-state index in [1.807, 2.05) is 20.8 Å². The lowest BCUT2D eigenvalue weighted by molar-refractivity contribution is 0.315. The van der Waals surface area contributed by atoms with E-state index in [9.17, 15) is 0 Å². The molecular weight excluding hydrogens is 456 g/mol. The van der Waals surface area contributed by atoms with Gasteiger partial charge in [-0.15, -0.1) is 6.58 Å². The van der Waals surface area contributed by atoms with Crippen LogP contribution in [-0.4, -0.2) is 0 Å². The first-order valence-corrected chi connectivity index (χ1v) is 15.1. The van der Waals surface area contributed by atoms with Gasteiger partial charge in [-0.3, -0.25) is 0 Å². The second-order valence-electron chi connectivity index (χ2n) is 11.9. The first kappa shape index (κ1) is 33.7. The summed E-state index contributed by atoms with van der Waals surface area (Å²) in [5, 5.41) is 0. The lowest BCUT2D eigenvalue weighted by atomic mass is 9.73. The molecule has 210 valence electrons. The molecule has 0 N–H and O–H groups in total. The van der Waals surface area contributed by atoms with E-state index >= 15 is 0 Å². The monoisotopic (exact) mass is 514 g/mol. The summed E-state index contributed by atoms with van der Waals surface area (Å²) in [5.74, 6) is 3.51. The van der Waals surface area contributed by atoms with Crippen molar-refractivity contribution < 1.29 is 0 Å². The van der Waals surface area contributed by atoms with Crippen molar-refractivity contribution in [2.24, 2.45) is 23.7 Å². The molecule has 4 atom stereocenters. The zero-order chi connectivity index (χ0) is 28.7. The van der Waals surface area contributed by atoms with E-state index in [0.717, 1.165) is 34.8 Å². The summed E-state index contributed by atoms with van der Waals surface area (Å²) in [4.78, 5) is 0. The van der Waals surface area contributed by atoms with Crippen LogP contribution in [0.5, 0.6) is 0 Å². The van der Waals surface area contributed by atoms with E-state index in [0.29, 0.717) is 0 Å². The largest absolute Gasteiger partial charge is 0.103 e. The molecule has 4 rings (SSSR count). The van der Waals surface area contributed by atoms with Gasteiger partial charge in [0.15, 0.2) is 0 Å². The van der Waals surface area contributed by atoms with Crippen molar-refractivity contribution in [1.82, 2.24) is 0 Å². The summed E-state index contributed by atoms with van der Waals surface area (Å²) in [7, 11) is 0. The summed E-state index contributed by atoms with van der Waals surface area (Å²) in [5.41, 5.74) is 9.46. The molecule has 0 amide bonds. The molecular formula is C38H58. The van der Waals surface area contributed by atoms with E-state index in [1.54, 1.807) is 17.2 Å². The molecule has 38 heavy (non-hydrogen) atoms. The van der Waals surface area contributed by atoms with Gasteiger partial charge in [0.25, 0.3) is 0 Å². The topological polar surface area (TPSA) is 0 Å². The summed E-state index contributed by atoms with van der Waals surface area (Å²) in [6.45, 7) is 30.3. The fraction of sp³-hybridized carbons (Fsp3) is 0.526. The molecule has 0 nitrogen and oxygen atoms in total. The molecule has 0 bridgehead atoms.